The maximum atomic E-state index is 11.9. The van der Waals surface area contributed by atoms with E-state index in [-0.39, 0.29) is 11.8 Å². The molecule has 2 N–H and O–H groups in total. The van der Waals surface area contributed by atoms with E-state index in [4.69, 9.17) is 4.74 Å². The molecule has 0 spiro atoms. The fourth-order valence-corrected chi connectivity index (χ4v) is 2.40. The summed E-state index contributed by atoms with van der Waals surface area (Å²) in [4.78, 5) is 11.9. The van der Waals surface area contributed by atoms with Crippen LogP contribution in [-0.4, -0.2) is 35.3 Å². The van der Waals surface area contributed by atoms with Crippen LogP contribution in [0.2, 0.25) is 0 Å². The third-order valence-corrected chi connectivity index (χ3v) is 3.63. The van der Waals surface area contributed by atoms with Crippen LogP contribution in [0.15, 0.2) is 18.3 Å². The molecular weight excluding hydrogens is 244 g/mol. The zero-order valence-corrected chi connectivity index (χ0v) is 11.3. The van der Waals surface area contributed by atoms with Gasteiger partial charge in [0.1, 0.15) is 0 Å². The molecule has 1 aliphatic rings. The van der Waals surface area contributed by atoms with Gasteiger partial charge in [-0.05, 0) is 31.4 Å². The van der Waals surface area contributed by atoms with Crippen LogP contribution >= 0.6 is 0 Å². The van der Waals surface area contributed by atoms with E-state index in [1.165, 1.54) is 0 Å². The van der Waals surface area contributed by atoms with Crippen molar-refractivity contribution in [3.05, 3.63) is 24.0 Å². The van der Waals surface area contributed by atoms with Gasteiger partial charge in [-0.25, -0.2) is 0 Å². The average molecular weight is 266 g/mol. The van der Waals surface area contributed by atoms with Crippen molar-refractivity contribution < 1.29 is 14.6 Å². The number of amides is 1. The van der Waals surface area contributed by atoms with Crippen LogP contribution in [0, 0.1) is 5.92 Å². The molecule has 1 aliphatic heterocycles. The van der Waals surface area contributed by atoms with Crippen molar-refractivity contribution in [1.29, 1.82) is 0 Å². The van der Waals surface area contributed by atoms with Crippen molar-refractivity contribution in [1.82, 2.24) is 9.88 Å². The van der Waals surface area contributed by atoms with Crippen LogP contribution in [0.3, 0.4) is 0 Å². The third-order valence-electron chi connectivity index (χ3n) is 3.63. The second-order valence-corrected chi connectivity index (χ2v) is 5.03. The maximum absolute atomic E-state index is 11.9. The van der Waals surface area contributed by atoms with Gasteiger partial charge < -0.3 is 19.7 Å². The number of aliphatic hydroxyl groups is 1. The second kappa shape index (κ2) is 6.73. The van der Waals surface area contributed by atoms with Gasteiger partial charge in [0.15, 0.2) is 0 Å². The predicted molar refractivity (Wildman–Crippen MR) is 71.5 cm³/mol. The molecule has 106 valence electrons. The molecule has 0 aromatic carbocycles. The van der Waals surface area contributed by atoms with Crippen molar-refractivity contribution in [2.24, 2.45) is 13.0 Å². The molecule has 0 bridgehead atoms. The number of nitrogens with one attached hydrogen (secondary N) is 1. The fourth-order valence-electron chi connectivity index (χ4n) is 2.40. The third kappa shape index (κ3) is 3.81. The van der Waals surface area contributed by atoms with Crippen LogP contribution in [-0.2, 0) is 16.6 Å². The minimum absolute atomic E-state index is 0.0703. The Labute approximate surface area is 113 Å². The molecule has 2 rings (SSSR count). The molecule has 5 heteroatoms. The minimum atomic E-state index is -0.532. The summed E-state index contributed by atoms with van der Waals surface area (Å²) in [7, 11) is 1.90. The summed E-state index contributed by atoms with van der Waals surface area (Å²) in [6.07, 6.45) is 3.50. The van der Waals surface area contributed by atoms with Crippen LogP contribution < -0.4 is 5.32 Å². The molecular formula is C14H22N2O3. The number of hydrogen-bond donors (Lipinski definition) is 2. The molecule has 1 amide bonds. The smallest absolute Gasteiger partial charge is 0.223 e. The lowest BCUT2D eigenvalue weighted by Gasteiger charge is -2.21. The van der Waals surface area contributed by atoms with E-state index in [0.29, 0.717) is 26.2 Å². The Hall–Kier alpha value is -1.33. The lowest BCUT2D eigenvalue weighted by Crippen LogP contribution is -2.35. The number of hydrogen-bond acceptors (Lipinski definition) is 3. The lowest BCUT2D eigenvalue weighted by atomic mass is 9.99. The van der Waals surface area contributed by atoms with E-state index in [0.717, 1.165) is 18.5 Å². The first-order chi connectivity index (χ1) is 9.18. The normalized spacial score (nSPS) is 18.2. The Morgan fingerprint density at radius 2 is 2.32 bits per heavy atom. The standard InChI is InChI=1S/C14H22N2O3/c1-16-8-2-3-12(16)13(17)4-7-15-14(18)11-5-9-19-10-6-11/h2-3,8,11,13,17H,4-7,9-10H2,1H3,(H,15,18). The van der Waals surface area contributed by atoms with E-state index < -0.39 is 6.10 Å². The fraction of sp³-hybridized carbons (Fsp3) is 0.643. The van der Waals surface area contributed by atoms with Crippen molar-refractivity contribution in [2.75, 3.05) is 19.8 Å². The van der Waals surface area contributed by atoms with Crippen LogP contribution in [0.25, 0.3) is 0 Å². The zero-order chi connectivity index (χ0) is 13.7. The highest BCUT2D eigenvalue weighted by molar-refractivity contribution is 5.78. The molecule has 1 fully saturated rings. The molecule has 1 unspecified atom stereocenters. The number of ether oxygens (including phenoxy) is 1. The summed E-state index contributed by atoms with van der Waals surface area (Å²) in [5, 5.41) is 12.9. The van der Waals surface area contributed by atoms with Gasteiger partial charge in [0, 0.05) is 44.6 Å². The molecule has 0 radical (unpaired) electrons. The Kier molecular flexibility index (Phi) is 4.99. The highest BCUT2D eigenvalue weighted by Crippen LogP contribution is 2.17. The van der Waals surface area contributed by atoms with Gasteiger partial charge in [0.2, 0.25) is 5.91 Å². The molecule has 1 atom stereocenters. The summed E-state index contributed by atoms with van der Waals surface area (Å²) >= 11 is 0. The van der Waals surface area contributed by atoms with E-state index in [9.17, 15) is 9.90 Å². The number of nitrogens with zero attached hydrogens (tertiary/aromatic N) is 1. The first kappa shape index (κ1) is 14.1. The summed E-state index contributed by atoms with van der Waals surface area (Å²) in [6, 6.07) is 3.80. The lowest BCUT2D eigenvalue weighted by molar-refractivity contribution is -0.127. The van der Waals surface area contributed by atoms with Crippen LogP contribution in [0.1, 0.15) is 31.1 Å². The van der Waals surface area contributed by atoms with Gasteiger partial charge in [0.25, 0.3) is 0 Å². The molecule has 1 aromatic rings. The van der Waals surface area contributed by atoms with Gasteiger partial charge in [-0.1, -0.05) is 0 Å². The van der Waals surface area contributed by atoms with Crippen molar-refractivity contribution in [3.63, 3.8) is 0 Å². The van der Waals surface area contributed by atoms with Crippen LogP contribution in [0.4, 0.5) is 0 Å². The van der Waals surface area contributed by atoms with E-state index in [1.54, 1.807) is 0 Å². The van der Waals surface area contributed by atoms with Gasteiger partial charge in [-0.3, -0.25) is 4.79 Å². The molecule has 0 saturated carbocycles. The Bertz CT molecular complexity index is 411. The van der Waals surface area contributed by atoms with Gasteiger partial charge in [-0.15, -0.1) is 0 Å². The van der Waals surface area contributed by atoms with E-state index in [1.807, 2.05) is 29.9 Å². The zero-order valence-electron chi connectivity index (χ0n) is 11.3. The van der Waals surface area contributed by atoms with Crippen molar-refractivity contribution in [3.8, 4) is 0 Å². The molecule has 2 heterocycles. The van der Waals surface area contributed by atoms with Gasteiger partial charge >= 0.3 is 0 Å². The Morgan fingerprint density at radius 1 is 1.58 bits per heavy atom. The summed E-state index contributed by atoms with van der Waals surface area (Å²) < 4.78 is 7.13. The van der Waals surface area contributed by atoms with Gasteiger partial charge in [0.05, 0.1) is 6.10 Å². The van der Waals surface area contributed by atoms with Crippen molar-refractivity contribution in [2.45, 2.75) is 25.4 Å². The highest BCUT2D eigenvalue weighted by Gasteiger charge is 2.21. The number of carbonyl (C=O) groups is 1. The molecule has 0 aliphatic carbocycles. The number of rotatable bonds is 5. The van der Waals surface area contributed by atoms with Crippen molar-refractivity contribution >= 4 is 5.91 Å². The summed E-state index contributed by atoms with van der Waals surface area (Å²) in [5.41, 5.74) is 0.875. The van der Waals surface area contributed by atoms with Gasteiger partial charge in [-0.2, -0.15) is 0 Å². The predicted octanol–water partition coefficient (Wildman–Crippen LogP) is 0.991. The average Bonchev–Trinajstić information content (AvgIpc) is 2.86. The second-order valence-electron chi connectivity index (χ2n) is 5.03. The molecule has 5 nitrogen and oxygen atoms in total. The highest BCUT2D eigenvalue weighted by atomic mass is 16.5. The number of aromatic nitrogens is 1. The largest absolute Gasteiger partial charge is 0.387 e. The number of carbonyl (C=O) groups excluding carboxylic acids is 1. The SMILES string of the molecule is Cn1cccc1C(O)CCNC(=O)C1CCOCC1. The topological polar surface area (TPSA) is 63.5 Å². The molecule has 1 saturated heterocycles. The first-order valence-electron chi connectivity index (χ1n) is 6.83. The summed E-state index contributed by atoms with van der Waals surface area (Å²) in [5.74, 6) is 0.156. The van der Waals surface area contributed by atoms with Crippen LogP contribution in [0.5, 0.6) is 0 Å². The summed E-state index contributed by atoms with van der Waals surface area (Å²) in [6.45, 7) is 1.84. The maximum Gasteiger partial charge on any atom is 0.223 e. The number of aryl methyl sites for hydroxylation is 1. The monoisotopic (exact) mass is 266 g/mol. The molecule has 19 heavy (non-hydrogen) atoms. The number of aliphatic hydroxyl groups excluding tert-OH is 1. The van der Waals surface area contributed by atoms with E-state index in [2.05, 4.69) is 5.32 Å². The Morgan fingerprint density at radius 3 is 2.95 bits per heavy atom. The quantitative estimate of drug-likeness (QED) is 0.835. The first-order valence-corrected chi connectivity index (χ1v) is 6.83. The Balaban J connectivity index is 1.71. The molecule has 1 aromatic heterocycles. The minimum Gasteiger partial charge on any atom is -0.387 e. The van der Waals surface area contributed by atoms with E-state index >= 15 is 0 Å².